The summed E-state index contributed by atoms with van der Waals surface area (Å²) in [4.78, 5) is 16.5. The molecule has 106 valence electrons. The normalized spacial score (nSPS) is 10.7. The van der Waals surface area contributed by atoms with Gasteiger partial charge in [-0.05, 0) is 19.4 Å². The van der Waals surface area contributed by atoms with Gasteiger partial charge in [-0.25, -0.2) is 0 Å². The van der Waals surface area contributed by atoms with Gasteiger partial charge >= 0.3 is 0 Å². The van der Waals surface area contributed by atoms with Gasteiger partial charge < -0.3 is 9.88 Å². The summed E-state index contributed by atoms with van der Waals surface area (Å²) < 4.78 is 0. The van der Waals surface area contributed by atoms with Gasteiger partial charge in [0, 0.05) is 32.3 Å². The first kappa shape index (κ1) is 14.7. The highest BCUT2D eigenvalue weighted by atomic mass is 35.5. The summed E-state index contributed by atoms with van der Waals surface area (Å²) in [5.74, 6) is 0. The van der Waals surface area contributed by atoms with E-state index in [0.717, 1.165) is 11.1 Å². The highest BCUT2D eigenvalue weighted by molar-refractivity contribution is 6.31. The zero-order valence-corrected chi connectivity index (χ0v) is 13.0. The van der Waals surface area contributed by atoms with Crippen LogP contribution in [-0.2, 0) is 6.42 Å². The Hall–Kier alpha value is -1.74. The molecule has 0 bridgehead atoms. The fourth-order valence-electron chi connectivity index (χ4n) is 2.55. The first-order chi connectivity index (χ1) is 9.38. The van der Waals surface area contributed by atoms with Crippen LogP contribution in [0.4, 0.5) is 5.69 Å². The predicted octanol–water partition coefficient (Wildman–Crippen LogP) is 3.30. The van der Waals surface area contributed by atoms with E-state index in [1.807, 2.05) is 19.0 Å². The maximum atomic E-state index is 12.0. The minimum atomic E-state index is -0.112. The van der Waals surface area contributed by atoms with Gasteiger partial charge in [0.2, 0.25) is 0 Å². The van der Waals surface area contributed by atoms with Gasteiger partial charge in [0.25, 0.3) is 5.56 Å². The topological polar surface area (TPSA) is 36.1 Å². The summed E-state index contributed by atoms with van der Waals surface area (Å²) in [6.07, 6.45) is 2.22. The number of nitrogens with one attached hydrogen (secondary N) is 1. The van der Waals surface area contributed by atoms with Crippen LogP contribution in [0.5, 0.6) is 0 Å². The van der Waals surface area contributed by atoms with Crippen molar-refractivity contribution in [3.05, 3.63) is 62.0 Å². The number of H-pyrrole nitrogens is 1. The highest BCUT2D eigenvalue weighted by Crippen LogP contribution is 2.25. The standard InChI is InChI=1S/C16H19ClN2O/c1-10-5-11(2)7-12(6-10)8-13-14(17)9-18-16(20)15(13)19(3)4/h5-7,9H,8H2,1-4H3,(H,18,20). The fraction of sp³-hybridized carbons (Fsp3) is 0.312. The average molecular weight is 291 g/mol. The SMILES string of the molecule is Cc1cc(C)cc(Cc2c(Cl)c[nH]c(=O)c2N(C)C)c1. The number of hydrogen-bond donors (Lipinski definition) is 1. The highest BCUT2D eigenvalue weighted by Gasteiger charge is 2.14. The summed E-state index contributed by atoms with van der Waals surface area (Å²) >= 11 is 6.28. The van der Waals surface area contributed by atoms with Gasteiger partial charge in [-0.2, -0.15) is 0 Å². The molecule has 0 amide bonds. The summed E-state index contributed by atoms with van der Waals surface area (Å²) in [7, 11) is 3.71. The number of hydrogen-bond acceptors (Lipinski definition) is 2. The molecular weight excluding hydrogens is 272 g/mol. The van der Waals surface area contributed by atoms with Crippen LogP contribution in [-0.4, -0.2) is 19.1 Å². The molecule has 1 aromatic heterocycles. The minimum Gasteiger partial charge on any atom is -0.373 e. The van der Waals surface area contributed by atoms with E-state index in [-0.39, 0.29) is 5.56 Å². The Bertz CT molecular complexity index is 669. The number of nitrogens with zero attached hydrogens (tertiary/aromatic N) is 1. The molecular formula is C16H19ClN2O. The van der Waals surface area contributed by atoms with E-state index in [1.54, 1.807) is 6.20 Å². The molecule has 1 heterocycles. The zero-order chi connectivity index (χ0) is 14.9. The molecule has 0 radical (unpaired) electrons. The van der Waals surface area contributed by atoms with Crippen LogP contribution in [0, 0.1) is 13.8 Å². The van der Waals surface area contributed by atoms with Crippen molar-refractivity contribution >= 4 is 17.3 Å². The first-order valence-electron chi connectivity index (χ1n) is 6.53. The molecule has 0 saturated carbocycles. The first-order valence-corrected chi connectivity index (χ1v) is 6.91. The second-order valence-electron chi connectivity index (χ2n) is 5.36. The molecule has 2 rings (SSSR count). The van der Waals surface area contributed by atoms with E-state index in [9.17, 15) is 4.79 Å². The van der Waals surface area contributed by atoms with E-state index >= 15 is 0 Å². The molecule has 0 fully saturated rings. The zero-order valence-electron chi connectivity index (χ0n) is 12.2. The molecule has 2 aromatic rings. The van der Waals surface area contributed by atoms with Crippen molar-refractivity contribution in [1.29, 1.82) is 0 Å². The van der Waals surface area contributed by atoms with Crippen LogP contribution in [0.25, 0.3) is 0 Å². The third-order valence-corrected chi connectivity index (χ3v) is 3.57. The van der Waals surface area contributed by atoms with Crippen molar-refractivity contribution in [1.82, 2.24) is 4.98 Å². The van der Waals surface area contributed by atoms with Crippen LogP contribution in [0.3, 0.4) is 0 Å². The number of pyridine rings is 1. The number of aromatic amines is 1. The maximum Gasteiger partial charge on any atom is 0.271 e. The Kier molecular flexibility index (Phi) is 4.19. The smallest absolute Gasteiger partial charge is 0.271 e. The summed E-state index contributed by atoms with van der Waals surface area (Å²) in [6, 6.07) is 6.39. The Morgan fingerprint density at radius 3 is 2.30 bits per heavy atom. The Morgan fingerprint density at radius 1 is 1.15 bits per heavy atom. The monoisotopic (exact) mass is 290 g/mol. The van der Waals surface area contributed by atoms with Crippen LogP contribution < -0.4 is 10.5 Å². The molecule has 0 aliphatic carbocycles. The fourth-order valence-corrected chi connectivity index (χ4v) is 2.76. The maximum absolute atomic E-state index is 12.0. The molecule has 4 heteroatoms. The second-order valence-corrected chi connectivity index (χ2v) is 5.77. The lowest BCUT2D eigenvalue weighted by molar-refractivity contribution is 1.03. The Balaban J connectivity index is 2.53. The number of aryl methyl sites for hydroxylation is 2. The van der Waals surface area contributed by atoms with Crippen LogP contribution in [0.15, 0.2) is 29.2 Å². The third kappa shape index (κ3) is 3.05. The van der Waals surface area contributed by atoms with E-state index < -0.39 is 0 Å². The number of anilines is 1. The molecule has 1 N–H and O–H groups in total. The number of benzene rings is 1. The van der Waals surface area contributed by atoms with Crippen molar-refractivity contribution in [3.8, 4) is 0 Å². The van der Waals surface area contributed by atoms with Crippen LogP contribution in [0.2, 0.25) is 5.02 Å². The Morgan fingerprint density at radius 2 is 1.75 bits per heavy atom. The van der Waals surface area contributed by atoms with Crippen molar-refractivity contribution < 1.29 is 0 Å². The van der Waals surface area contributed by atoms with Gasteiger partial charge in [0.1, 0.15) is 5.69 Å². The van der Waals surface area contributed by atoms with Gasteiger partial charge in [0.15, 0.2) is 0 Å². The third-order valence-electron chi connectivity index (χ3n) is 3.23. The predicted molar refractivity (Wildman–Crippen MR) is 85.1 cm³/mol. The van der Waals surface area contributed by atoms with E-state index in [2.05, 4.69) is 37.0 Å². The van der Waals surface area contributed by atoms with Gasteiger partial charge in [-0.15, -0.1) is 0 Å². The minimum absolute atomic E-state index is 0.112. The van der Waals surface area contributed by atoms with Gasteiger partial charge in [-0.3, -0.25) is 4.79 Å². The molecule has 3 nitrogen and oxygen atoms in total. The molecule has 1 aromatic carbocycles. The van der Waals surface area contributed by atoms with Crippen molar-refractivity contribution in [3.63, 3.8) is 0 Å². The average Bonchev–Trinajstić information content (AvgIpc) is 2.32. The second kappa shape index (κ2) is 5.71. The lowest BCUT2D eigenvalue weighted by atomic mass is 10.00. The van der Waals surface area contributed by atoms with Crippen molar-refractivity contribution in [2.45, 2.75) is 20.3 Å². The molecule has 20 heavy (non-hydrogen) atoms. The molecule has 0 atom stereocenters. The van der Waals surface area contributed by atoms with Gasteiger partial charge in [-0.1, -0.05) is 40.9 Å². The number of halogens is 1. The summed E-state index contributed by atoms with van der Waals surface area (Å²) in [5, 5.41) is 0.590. The summed E-state index contributed by atoms with van der Waals surface area (Å²) in [5.41, 5.74) is 4.97. The van der Waals surface area contributed by atoms with Crippen LogP contribution in [0.1, 0.15) is 22.3 Å². The van der Waals surface area contributed by atoms with E-state index in [0.29, 0.717) is 17.1 Å². The molecule has 0 spiro atoms. The largest absolute Gasteiger partial charge is 0.373 e. The lowest BCUT2D eigenvalue weighted by Crippen LogP contribution is -2.23. The van der Waals surface area contributed by atoms with Gasteiger partial charge in [0.05, 0.1) is 5.02 Å². The van der Waals surface area contributed by atoms with E-state index in [1.165, 1.54) is 11.1 Å². The Labute approximate surface area is 124 Å². The quantitative estimate of drug-likeness (QED) is 0.941. The van der Waals surface area contributed by atoms with Crippen LogP contribution >= 0.6 is 11.6 Å². The van der Waals surface area contributed by atoms with Crippen molar-refractivity contribution in [2.75, 3.05) is 19.0 Å². The molecule has 0 aliphatic heterocycles. The molecule has 0 aliphatic rings. The number of aromatic nitrogens is 1. The lowest BCUT2D eigenvalue weighted by Gasteiger charge is -2.17. The number of rotatable bonds is 3. The van der Waals surface area contributed by atoms with E-state index in [4.69, 9.17) is 11.6 Å². The molecule has 0 saturated heterocycles. The summed E-state index contributed by atoms with van der Waals surface area (Å²) in [6.45, 7) is 4.14. The molecule has 0 unspecified atom stereocenters. The van der Waals surface area contributed by atoms with Crippen molar-refractivity contribution in [2.24, 2.45) is 0 Å².